The summed E-state index contributed by atoms with van der Waals surface area (Å²) in [4.78, 5) is 9.23. The fourth-order valence-corrected chi connectivity index (χ4v) is 3.21. The van der Waals surface area contributed by atoms with Gasteiger partial charge in [0.25, 0.3) is 0 Å². The van der Waals surface area contributed by atoms with Crippen LogP contribution >= 0.6 is 11.3 Å². The molecule has 0 fully saturated rings. The lowest BCUT2D eigenvalue weighted by atomic mass is 10.2. The summed E-state index contributed by atoms with van der Waals surface area (Å²) in [5.41, 5.74) is 3.15. The number of H-pyrrole nitrogens is 1. The summed E-state index contributed by atoms with van der Waals surface area (Å²) >= 11 is 1.71. The zero-order valence-electron chi connectivity index (χ0n) is 11.7. The fraction of sp³-hybridized carbons (Fsp3) is 0.267. The molecule has 0 saturated carbocycles. The molecule has 0 unspecified atom stereocenters. The molecule has 3 rings (SSSR count). The molecule has 5 heteroatoms. The second kappa shape index (κ2) is 5.17. The van der Waals surface area contributed by atoms with Crippen LogP contribution in [-0.2, 0) is 6.42 Å². The average molecular weight is 288 g/mol. The number of thiophene rings is 1. The molecule has 1 aromatic carbocycles. The number of ether oxygens (including phenoxy) is 2. The molecule has 0 amide bonds. The van der Waals surface area contributed by atoms with E-state index in [2.05, 4.69) is 28.3 Å². The highest BCUT2D eigenvalue weighted by Gasteiger charge is 2.13. The van der Waals surface area contributed by atoms with Crippen molar-refractivity contribution in [3.05, 3.63) is 29.1 Å². The number of nitrogens with one attached hydrogen (secondary N) is 1. The van der Waals surface area contributed by atoms with Crippen molar-refractivity contribution in [3.63, 3.8) is 0 Å². The van der Waals surface area contributed by atoms with E-state index < -0.39 is 0 Å². The number of aromatic amines is 1. The number of imidazole rings is 1. The van der Waals surface area contributed by atoms with Crippen molar-refractivity contribution in [3.8, 4) is 22.2 Å². The lowest BCUT2D eigenvalue weighted by Crippen LogP contribution is -1.89. The van der Waals surface area contributed by atoms with Gasteiger partial charge in [0.15, 0.2) is 11.5 Å². The first-order valence-corrected chi connectivity index (χ1v) is 7.33. The first-order chi connectivity index (χ1) is 9.76. The molecule has 104 valence electrons. The van der Waals surface area contributed by atoms with E-state index in [1.807, 2.05) is 12.1 Å². The second-order valence-electron chi connectivity index (χ2n) is 4.44. The number of aromatic nitrogens is 2. The molecule has 0 aliphatic rings. The van der Waals surface area contributed by atoms with E-state index >= 15 is 0 Å². The van der Waals surface area contributed by atoms with Crippen molar-refractivity contribution in [2.24, 2.45) is 0 Å². The molecule has 0 radical (unpaired) electrons. The van der Waals surface area contributed by atoms with E-state index in [1.54, 1.807) is 25.6 Å². The predicted molar refractivity (Wildman–Crippen MR) is 81.9 cm³/mol. The standard InChI is InChI=1S/C15H16N2O2S/c1-4-9-5-6-20-14(9)15-16-10-7-12(18-2)13(19-3)8-11(10)17-15/h5-8H,4H2,1-3H3,(H,16,17). The topological polar surface area (TPSA) is 47.1 Å². The van der Waals surface area contributed by atoms with Gasteiger partial charge in [0.1, 0.15) is 5.82 Å². The highest BCUT2D eigenvalue weighted by Crippen LogP contribution is 2.34. The van der Waals surface area contributed by atoms with Gasteiger partial charge in [-0.3, -0.25) is 0 Å². The van der Waals surface area contributed by atoms with E-state index in [0.29, 0.717) is 11.5 Å². The van der Waals surface area contributed by atoms with Crippen molar-refractivity contribution >= 4 is 22.4 Å². The van der Waals surface area contributed by atoms with E-state index in [0.717, 1.165) is 23.3 Å². The summed E-state index contributed by atoms with van der Waals surface area (Å²) in [5, 5.41) is 2.10. The lowest BCUT2D eigenvalue weighted by molar-refractivity contribution is 0.356. The van der Waals surface area contributed by atoms with Gasteiger partial charge in [0.2, 0.25) is 0 Å². The van der Waals surface area contributed by atoms with E-state index in [9.17, 15) is 0 Å². The Morgan fingerprint density at radius 1 is 1.20 bits per heavy atom. The van der Waals surface area contributed by atoms with Gasteiger partial charge in [-0.2, -0.15) is 0 Å². The van der Waals surface area contributed by atoms with Gasteiger partial charge in [-0.05, 0) is 23.4 Å². The molecule has 20 heavy (non-hydrogen) atoms. The molecule has 0 saturated heterocycles. The Morgan fingerprint density at radius 2 is 1.95 bits per heavy atom. The summed E-state index contributed by atoms with van der Waals surface area (Å²) in [6, 6.07) is 5.96. The van der Waals surface area contributed by atoms with Crippen molar-refractivity contribution in [1.29, 1.82) is 0 Å². The number of rotatable bonds is 4. The summed E-state index contributed by atoms with van der Waals surface area (Å²) in [6.45, 7) is 2.15. The second-order valence-corrected chi connectivity index (χ2v) is 5.35. The minimum absolute atomic E-state index is 0.694. The predicted octanol–water partition coefficient (Wildman–Crippen LogP) is 3.87. The molecule has 0 aliphatic heterocycles. The van der Waals surface area contributed by atoms with Crippen LogP contribution in [0.25, 0.3) is 21.7 Å². The van der Waals surface area contributed by atoms with Crippen LogP contribution in [0.1, 0.15) is 12.5 Å². The quantitative estimate of drug-likeness (QED) is 0.792. The van der Waals surface area contributed by atoms with E-state index in [-0.39, 0.29) is 0 Å². The number of hydrogen-bond acceptors (Lipinski definition) is 4. The maximum atomic E-state index is 5.32. The SMILES string of the molecule is CCc1ccsc1-c1nc2cc(OC)c(OC)cc2[nH]1. The van der Waals surface area contributed by atoms with Crippen LogP contribution in [0.3, 0.4) is 0 Å². The van der Waals surface area contributed by atoms with Crippen LogP contribution in [0, 0.1) is 0 Å². The Labute approximate surface area is 121 Å². The van der Waals surface area contributed by atoms with Crippen LogP contribution < -0.4 is 9.47 Å². The van der Waals surface area contributed by atoms with Crippen LogP contribution in [0.4, 0.5) is 0 Å². The molecule has 2 heterocycles. The number of methoxy groups -OCH3 is 2. The summed E-state index contributed by atoms with van der Waals surface area (Å²) in [7, 11) is 3.27. The number of fused-ring (bicyclic) bond motifs is 1. The molecular formula is C15H16N2O2S. The maximum absolute atomic E-state index is 5.32. The van der Waals surface area contributed by atoms with E-state index in [1.165, 1.54) is 10.4 Å². The smallest absolute Gasteiger partial charge is 0.163 e. The minimum Gasteiger partial charge on any atom is -0.493 e. The summed E-state index contributed by atoms with van der Waals surface area (Å²) in [6.07, 6.45) is 1.00. The lowest BCUT2D eigenvalue weighted by Gasteiger charge is -2.06. The number of hydrogen-bond donors (Lipinski definition) is 1. The normalized spacial score (nSPS) is 10.9. The van der Waals surface area contributed by atoms with Gasteiger partial charge in [-0.15, -0.1) is 11.3 Å². The third-order valence-corrected chi connectivity index (χ3v) is 4.29. The van der Waals surface area contributed by atoms with Crippen LogP contribution in [0.5, 0.6) is 11.5 Å². The Bertz CT molecular complexity index is 704. The van der Waals surface area contributed by atoms with Gasteiger partial charge in [0, 0.05) is 12.1 Å². The summed E-state index contributed by atoms with van der Waals surface area (Å²) in [5.74, 6) is 2.30. The zero-order valence-corrected chi connectivity index (χ0v) is 12.5. The average Bonchev–Trinajstić information content (AvgIpc) is 3.10. The Morgan fingerprint density at radius 3 is 2.65 bits per heavy atom. The molecule has 0 spiro atoms. The number of benzene rings is 1. The molecular weight excluding hydrogens is 272 g/mol. The number of aryl methyl sites for hydroxylation is 1. The largest absolute Gasteiger partial charge is 0.493 e. The molecule has 4 nitrogen and oxygen atoms in total. The van der Waals surface area contributed by atoms with Gasteiger partial charge in [0.05, 0.1) is 30.1 Å². The number of nitrogens with zero attached hydrogens (tertiary/aromatic N) is 1. The third kappa shape index (κ3) is 2.04. The van der Waals surface area contributed by atoms with Gasteiger partial charge in [-0.1, -0.05) is 6.92 Å². The Kier molecular flexibility index (Phi) is 3.36. The Balaban J connectivity index is 2.15. The third-order valence-electron chi connectivity index (χ3n) is 3.33. The monoisotopic (exact) mass is 288 g/mol. The molecule has 1 N–H and O–H groups in total. The molecule has 2 aromatic heterocycles. The van der Waals surface area contributed by atoms with Crippen molar-refractivity contribution in [2.45, 2.75) is 13.3 Å². The van der Waals surface area contributed by atoms with Gasteiger partial charge < -0.3 is 14.5 Å². The molecule has 0 aliphatic carbocycles. The van der Waals surface area contributed by atoms with Crippen molar-refractivity contribution < 1.29 is 9.47 Å². The molecule has 3 aromatic rings. The fourth-order valence-electron chi connectivity index (χ4n) is 2.27. The molecule has 0 bridgehead atoms. The minimum atomic E-state index is 0.694. The highest BCUT2D eigenvalue weighted by molar-refractivity contribution is 7.13. The highest BCUT2D eigenvalue weighted by atomic mass is 32.1. The first kappa shape index (κ1) is 13.0. The first-order valence-electron chi connectivity index (χ1n) is 6.45. The maximum Gasteiger partial charge on any atom is 0.163 e. The summed E-state index contributed by atoms with van der Waals surface area (Å²) < 4.78 is 10.6. The molecule has 0 atom stereocenters. The van der Waals surface area contributed by atoms with Crippen molar-refractivity contribution in [1.82, 2.24) is 9.97 Å². The zero-order chi connectivity index (χ0) is 14.1. The van der Waals surface area contributed by atoms with Gasteiger partial charge >= 0.3 is 0 Å². The van der Waals surface area contributed by atoms with E-state index in [4.69, 9.17) is 9.47 Å². The van der Waals surface area contributed by atoms with Crippen molar-refractivity contribution in [2.75, 3.05) is 14.2 Å². The van der Waals surface area contributed by atoms with Gasteiger partial charge in [-0.25, -0.2) is 4.98 Å². The van der Waals surface area contributed by atoms with Crippen LogP contribution in [0.2, 0.25) is 0 Å². The van der Waals surface area contributed by atoms with Crippen LogP contribution in [0.15, 0.2) is 23.6 Å². The van der Waals surface area contributed by atoms with Crippen LogP contribution in [-0.4, -0.2) is 24.2 Å². The Hall–Kier alpha value is -2.01.